The first-order valence-electron chi connectivity index (χ1n) is 10.5. The van der Waals surface area contributed by atoms with E-state index in [2.05, 4.69) is 101 Å². The van der Waals surface area contributed by atoms with Gasteiger partial charge in [0.1, 0.15) is 7.05 Å². The molecule has 3 nitrogen and oxygen atoms in total. The number of hydrogen-bond donors (Lipinski definition) is 0. The van der Waals surface area contributed by atoms with Crippen molar-refractivity contribution < 1.29 is 4.57 Å². The lowest BCUT2D eigenvalue weighted by atomic mass is 9.95. The minimum atomic E-state index is 0.721. The molecule has 4 aromatic carbocycles. The van der Waals surface area contributed by atoms with Crippen LogP contribution in [0.1, 0.15) is 5.56 Å². The lowest BCUT2D eigenvalue weighted by Crippen LogP contribution is -2.28. The second-order valence-corrected chi connectivity index (χ2v) is 8.44. The minimum Gasteiger partial charge on any atom is -0.309 e. The molecule has 0 saturated heterocycles. The van der Waals surface area contributed by atoms with Crippen molar-refractivity contribution in [1.29, 1.82) is 0 Å². The van der Waals surface area contributed by atoms with Crippen LogP contribution in [0.4, 0.5) is 5.69 Å². The summed E-state index contributed by atoms with van der Waals surface area (Å²) in [7, 11) is 2.13. The zero-order valence-electron chi connectivity index (χ0n) is 17.3. The molecule has 3 aromatic heterocycles. The SMILES string of the molecule is [C-]#[N+]c1cc2cc[n+](C)c3c4c(C)c5ccccc5cc4n4c5ccccc5c1c4c23. The summed E-state index contributed by atoms with van der Waals surface area (Å²) < 4.78 is 4.63. The van der Waals surface area contributed by atoms with Crippen LogP contribution < -0.4 is 4.57 Å². The smallest absolute Gasteiger partial charge is 0.224 e. The molecule has 7 aromatic rings. The Kier molecular flexibility index (Phi) is 2.95. The summed E-state index contributed by atoms with van der Waals surface area (Å²) in [5.74, 6) is 0. The molecule has 0 aliphatic rings. The Morgan fingerprint density at radius 3 is 2.42 bits per heavy atom. The Morgan fingerprint density at radius 2 is 1.58 bits per heavy atom. The maximum Gasteiger partial charge on any atom is 0.224 e. The number of para-hydroxylation sites is 1. The number of pyridine rings is 2. The number of fused-ring (bicyclic) bond motifs is 7. The third-order valence-electron chi connectivity index (χ3n) is 6.90. The van der Waals surface area contributed by atoms with Gasteiger partial charge in [0.25, 0.3) is 0 Å². The Balaban J connectivity index is 2.00. The van der Waals surface area contributed by atoms with E-state index in [1.54, 1.807) is 0 Å². The Bertz CT molecular complexity index is 1920. The second-order valence-electron chi connectivity index (χ2n) is 8.44. The van der Waals surface area contributed by atoms with Crippen LogP contribution in [-0.4, -0.2) is 4.40 Å². The summed E-state index contributed by atoms with van der Waals surface area (Å²) in [6, 6.07) is 23.6. The van der Waals surface area contributed by atoms with Crippen LogP contribution in [-0.2, 0) is 7.05 Å². The lowest BCUT2D eigenvalue weighted by molar-refractivity contribution is -0.643. The molecule has 0 atom stereocenters. The van der Waals surface area contributed by atoms with Crippen LogP contribution in [0.15, 0.2) is 72.9 Å². The predicted octanol–water partition coefficient (Wildman–Crippen LogP) is 6.83. The van der Waals surface area contributed by atoms with Crippen LogP contribution >= 0.6 is 0 Å². The average molecular weight is 396 g/mol. The molecule has 3 heteroatoms. The fourth-order valence-electron chi connectivity index (χ4n) is 5.61. The molecule has 0 aliphatic heterocycles. The summed E-state index contributed by atoms with van der Waals surface area (Å²) in [4.78, 5) is 3.94. The van der Waals surface area contributed by atoms with Gasteiger partial charge in [0, 0.05) is 11.5 Å². The first-order chi connectivity index (χ1) is 15.2. The zero-order valence-corrected chi connectivity index (χ0v) is 17.3. The van der Waals surface area contributed by atoms with Crippen LogP contribution in [0.5, 0.6) is 0 Å². The van der Waals surface area contributed by atoms with Crippen LogP contribution in [0.3, 0.4) is 0 Å². The Hall–Kier alpha value is -4.16. The van der Waals surface area contributed by atoms with Gasteiger partial charge in [-0.05, 0) is 52.2 Å². The van der Waals surface area contributed by atoms with Gasteiger partial charge in [-0.25, -0.2) is 9.41 Å². The van der Waals surface area contributed by atoms with Gasteiger partial charge in [-0.15, -0.1) is 0 Å². The normalized spacial score (nSPS) is 12.2. The molecule has 0 N–H and O–H groups in total. The summed E-state index contributed by atoms with van der Waals surface area (Å²) in [6.07, 6.45) is 2.12. The summed E-state index contributed by atoms with van der Waals surface area (Å²) >= 11 is 0. The molecule has 3 heterocycles. The van der Waals surface area contributed by atoms with Gasteiger partial charge >= 0.3 is 0 Å². The van der Waals surface area contributed by atoms with E-state index in [4.69, 9.17) is 6.57 Å². The van der Waals surface area contributed by atoms with Gasteiger partial charge in [0.2, 0.25) is 5.52 Å². The largest absolute Gasteiger partial charge is 0.309 e. The molecule has 0 spiro atoms. The van der Waals surface area contributed by atoms with Crippen molar-refractivity contribution in [3.05, 3.63) is 89.9 Å². The molecule has 7 rings (SSSR count). The Labute approximate surface area is 178 Å². The molecule has 0 aliphatic carbocycles. The van der Waals surface area contributed by atoms with Crippen LogP contribution in [0.25, 0.3) is 64.6 Å². The van der Waals surface area contributed by atoms with E-state index in [1.807, 2.05) is 0 Å². The van der Waals surface area contributed by atoms with Crippen LogP contribution in [0.2, 0.25) is 0 Å². The van der Waals surface area contributed by atoms with E-state index < -0.39 is 0 Å². The van der Waals surface area contributed by atoms with Gasteiger partial charge in [-0.2, -0.15) is 0 Å². The number of aryl methyl sites for hydroxylation is 2. The first-order valence-corrected chi connectivity index (χ1v) is 10.5. The fraction of sp³-hybridized carbons (Fsp3) is 0.0714. The highest BCUT2D eigenvalue weighted by Crippen LogP contribution is 2.45. The molecule has 0 fully saturated rings. The summed E-state index contributed by atoms with van der Waals surface area (Å²) in [5.41, 5.74) is 6.74. The highest BCUT2D eigenvalue weighted by Gasteiger charge is 2.26. The topological polar surface area (TPSA) is 12.7 Å². The molecule has 0 saturated carbocycles. The molecule has 0 amide bonds. The van der Waals surface area contributed by atoms with Crippen molar-refractivity contribution in [3.63, 3.8) is 0 Å². The monoisotopic (exact) mass is 396 g/mol. The van der Waals surface area contributed by atoms with E-state index in [1.165, 1.54) is 38.1 Å². The molecule has 0 bridgehead atoms. The number of rotatable bonds is 0. The van der Waals surface area contributed by atoms with Gasteiger partial charge in [0.15, 0.2) is 11.9 Å². The molecule has 0 radical (unpaired) electrons. The third-order valence-corrected chi connectivity index (χ3v) is 6.90. The van der Waals surface area contributed by atoms with Gasteiger partial charge in [-0.1, -0.05) is 42.5 Å². The highest BCUT2D eigenvalue weighted by atomic mass is 15.0. The van der Waals surface area contributed by atoms with E-state index in [9.17, 15) is 0 Å². The predicted molar refractivity (Wildman–Crippen MR) is 128 cm³/mol. The van der Waals surface area contributed by atoms with Crippen molar-refractivity contribution >= 4 is 65.5 Å². The van der Waals surface area contributed by atoms with Gasteiger partial charge < -0.3 is 4.40 Å². The first kappa shape index (κ1) is 16.6. The minimum absolute atomic E-state index is 0.721. The van der Waals surface area contributed by atoms with Crippen molar-refractivity contribution in [2.24, 2.45) is 7.05 Å². The van der Waals surface area contributed by atoms with Crippen molar-refractivity contribution in [2.45, 2.75) is 6.92 Å². The van der Waals surface area contributed by atoms with E-state index >= 15 is 0 Å². The quantitative estimate of drug-likeness (QED) is 0.115. The van der Waals surface area contributed by atoms with Gasteiger partial charge in [0.05, 0.1) is 33.9 Å². The van der Waals surface area contributed by atoms with Crippen molar-refractivity contribution in [2.75, 3.05) is 0 Å². The standard InChI is InChI=1S/C28H18N3/c1-16-19-9-5-4-8-17(19)15-23-24(16)27-25-18(12-13-30(27)3)14-21(29-2)26-20-10-6-7-11-22(20)31(23)28(25)26/h4-15H,1,3H3/q+1. The zero-order chi connectivity index (χ0) is 20.9. The molecule has 0 unspecified atom stereocenters. The third kappa shape index (κ3) is 1.86. The second kappa shape index (κ2) is 5.50. The molecule has 144 valence electrons. The van der Waals surface area contributed by atoms with Crippen LogP contribution in [0, 0.1) is 13.5 Å². The molecular weight excluding hydrogens is 378 g/mol. The van der Waals surface area contributed by atoms with E-state index in [0.29, 0.717) is 0 Å². The maximum atomic E-state index is 7.90. The lowest BCUT2D eigenvalue weighted by Gasteiger charge is -2.15. The molecule has 31 heavy (non-hydrogen) atoms. The number of hydrogen-bond acceptors (Lipinski definition) is 0. The molecular formula is C28H18N3+. The van der Waals surface area contributed by atoms with Crippen molar-refractivity contribution in [3.8, 4) is 0 Å². The number of nitrogens with zero attached hydrogens (tertiary/aromatic N) is 3. The maximum absolute atomic E-state index is 7.90. The Morgan fingerprint density at radius 1 is 0.806 bits per heavy atom. The fourth-order valence-corrected chi connectivity index (χ4v) is 5.61. The number of benzene rings is 4. The highest BCUT2D eigenvalue weighted by molar-refractivity contribution is 6.31. The van der Waals surface area contributed by atoms with E-state index in [0.717, 1.165) is 32.9 Å². The summed E-state index contributed by atoms with van der Waals surface area (Å²) in [6.45, 7) is 10.1. The summed E-state index contributed by atoms with van der Waals surface area (Å²) in [5, 5.41) is 8.35. The van der Waals surface area contributed by atoms with E-state index in [-0.39, 0.29) is 0 Å². The van der Waals surface area contributed by atoms with Gasteiger partial charge in [-0.3, -0.25) is 0 Å². The average Bonchev–Trinajstić information content (AvgIpc) is 3.15. The number of aromatic nitrogens is 2. The van der Waals surface area contributed by atoms with Crippen molar-refractivity contribution in [1.82, 2.24) is 4.40 Å².